The van der Waals surface area contributed by atoms with E-state index in [9.17, 15) is 9.18 Å². The first-order chi connectivity index (χ1) is 12.0. The van der Waals surface area contributed by atoms with Gasteiger partial charge in [-0.3, -0.25) is 4.79 Å². The van der Waals surface area contributed by atoms with Crippen molar-refractivity contribution in [3.63, 3.8) is 0 Å². The average molecular weight is 362 g/mol. The number of halogens is 2. The highest BCUT2D eigenvalue weighted by atomic mass is 35.5. The zero-order chi connectivity index (χ0) is 18.0. The summed E-state index contributed by atoms with van der Waals surface area (Å²) in [5.74, 6) is 0.113. The number of ether oxygens (including phenoxy) is 1. The fraction of sp³-hybridized carbons (Fsp3) is 0.350. The first-order valence-corrected chi connectivity index (χ1v) is 8.80. The van der Waals surface area contributed by atoms with Crippen molar-refractivity contribution in [1.29, 1.82) is 0 Å². The van der Waals surface area contributed by atoms with Crippen LogP contribution in [0.3, 0.4) is 0 Å². The van der Waals surface area contributed by atoms with Crippen LogP contribution in [0, 0.1) is 12.7 Å². The molecule has 0 N–H and O–H groups in total. The van der Waals surface area contributed by atoms with Gasteiger partial charge >= 0.3 is 0 Å². The van der Waals surface area contributed by atoms with Gasteiger partial charge in [-0.15, -0.1) is 0 Å². The van der Waals surface area contributed by atoms with E-state index in [1.165, 1.54) is 6.07 Å². The third-order valence-corrected chi connectivity index (χ3v) is 4.67. The molecule has 1 atom stereocenters. The number of hydrogen-bond donors (Lipinski definition) is 0. The molecule has 0 aliphatic heterocycles. The Labute approximate surface area is 152 Å². The van der Waals surface area contributed by atoms with Crippen LogP contribution in [0.2, 0.25) is 5.02 Å². The van der Waals surface area contributed by atoms with Gasteiger partial charge in [-0.05, 0) is 56.5 Å². The lowest BCUT2D eigenvalue weighted by molar-refractivity contribution is -0.139. The van der Waals surface area contributed by atoms with Crippen molar-refractivity contribution in [2.75, 3.05) is 0 Å². The Kier molecular flexibility index (Phi) is 5.28. The quantitative estimate of drug-likeness (QED) is 0.743. The molecule has 1 amide bonds. The number of rotatable bonds is 6. The minimum Gasteiger partial charge on any atom is -0.481 e. The summed E-state index contributed by atoms with van der Waals surface area (Å²) in [5, 5.41) is 0.339. The maximum Gasteiger partial charge on any atom is 0.263 e. The van der Waals surface area contributed by atoms with Crippen molar-refractivity contribution < 1.29 is 13.9 Å². The van der Waals surface area contributed by atoms with Crippen molar-refractivity contribution in [2.45, 2.75) is 45.4 Å². The Hall–Kier alpha value is -2.07. The van der Waals surface area contributed by atoms with Gasteiger partial charge in [0.2, 0.25) is 0 Å². The lowest BCUT2D eigenvalue weighted by Crippen LogP contribution is -2.41. The molecule has 1 aliphatic rings. The first-order valence-electron chi connectivity index (χ1n) is 8.42. The highest BCUT2D eigenvalue weighted by molar-refractivity contribution is 6.31. The molecular weight excluding hydrogens is 341 g/mol. The second-order valence-electron chi connectivity index (χ2n) is 6.47. The third kappa shape index (κ3) is 4.31. The summed E-state index contributed by atoms with van der Waals surface area (Å²) in [4.78, 5) is 14.6. The predicted molar refractivity (Wildman–Crippen MR) is 96.3 cm³/mol. The summed E-state index contributed by atoms with van der Waals surface area (Å²) in [6.45, 7) is 3.86. The molecule has 132 valence electrons. The molecular formula is C20H21ClFNO2. The number of hydrogen-bond acceptors (Lipinski definition) is 2. The fourth-order valence-corrected chi connectivity index (χ4v) is 3.03. The summed E-state index contributed by atoms with van der Waals surface area (Å²) in [5.41, 5.74) is 1.42. The van der Waals surface area contributed by atoms with E-state index in [1.807, 2.05) is 31.2 Å². The van der Waals surface area contributed by atoms with Gasteiger partial charge < -0.3 is 9.64 Å². The van der Waals surface area contributed by atoms with Crippen LogP contribution in [0.25, 0.3) is 0 Å². The number of carbonyl (C=O) groups excluding carboxylic acids is 1. The largest absolute Gasteiger partial charge is 0.481 e. The van der Waals surface area contributed by atoms with Crippen LogP contribution < -0.4 is 4.74 Å². The molecule has 0 radical (unpaired) electrons. The lowest BCUT2D eigenvalue weighted by Gasteiger charge is -2.27. The Morgan fingerprint density at radius 1 is 1.32 bits per heavy atom. The van der Waals surface area contributed by atoms with Gasteiger partial charge in [0.05, 0.1) is 6.54 Å². The fourth-order valence-electron chi connectivity index (χ4n) is 2.80. The molecule has 0 aromatic heterocycles. The zero-order valence-electron chi connectivity index (χ0n) is 14.3. The average Bonchev–Trinajstić information content (AvgIpc) is 3.39. The molecule has 3 nitrogen and oxygen atoms in total. The van der Waals surface area contributed by atoms with Crippen LogP contribution in [0.5, 0.6) is 5.75 Å². The minimum absolute atomic E-state index is 0.131. The highest BCUT2D eigenvalue weighted by Gasteiger charge is 2.36. The van der Waals surface area contributed by atoms with Crippen LogP contribution in [-0.4, -0.2) is 23.0 Å². The van der Waals surface area contributed by atoms with E-state index < -0.39 is 11.9 Å². The maximum absolute atomic E-state index is 14.1. The van der Waals surface area contributed by atoms with Crippen LogP contribution in [-0.2, 0) is 11.3 Å². The van der Waals surface area contributed by atoms with Gasteiger partial charge in [0.25, 0.3) is 5.91 Å². The molecule has 1 fully saturated rings. The Morgan fingerprint density at radius 2 is 2.04 bits per heavy atom. The summed E-state index contributed by atoms with van der Waals surface area (Å²) in [6, 6.07) is 12.3. The molecule has 1 saturated carbocycles. The highest BCUT2D eigenvalue weighted by Crippen LogP contribution is 2.31. The van der Waals surface area contributed by atoms with Gasteiger partial charge in [-0.25, -0.2) is 4.39 Å². The van der Waals surface area contributed by atoms with E-state index in [-0.39, 0.29) is 18.5 Å². The monoisotopic (exact) mass is 361 g/mol. The van der Waals surface area contributed by atoms with Crippen molar-refractivity contribution >= 4 is 17.5 Å². The van der Waals surface area contributed by atoms with Gasteiger partial charge in [0.15, 0.2) is 6.10 Å². The normalized spacial score (nSPS) is 14.9. The second kappa shape index (κ2) is 7.44. The Bertz CT molecular complexity index is 756. The molecule has 2 aromatic rings. The molecule has 3 rings (SSSR count). The standard InChI is InChI=1S/C20H21ClFNO2/c1-13-5-3-6-16(11-13)25-14(2)20(24)23(15-9-10-15)12-17-18(21)7-4-8-19(17)22/h3-8,11,14-15H,9-10,12H2,1-2H3. The van der Waals surface area contributed by atoms with E-state index in [1.54, 1.807) is 24.0 Å². The van der Waals surface area contributed by atoms with Crippen molar-refractivity contribution in [3.8, 4) is 5.75 Å². The van der Waals surface area contributed by atoms with Crippen molar-refractivity contribution in [2.24, 2.45) is 0 Å². The van der Waals surface area contributed by atoms with E-state index >= 15 is 0 Å². The first kappa shape index (κ1) is 17.7. The van der Waals surface area contributed by atoms with Crippen LogP contribution in [0.1, 0.15) is 30.9 Å². The number of aryl methyl sites for hydroxylation is 1. The summed E-state index contributed by atoms with van der Waals surface area (Å²) in [7, 11) is 0. The van der Waals surface area contributed by atoms with Gasteiger partial charge in [0, 0.05) is 16.6 Å². The smallest absolute Gasteiger partial charge is 0.263 e. The number of benzene rings is 2. The molecule has 0 saturated heterocycles. The van der Waals surface area contributed by atoms with Crippen LogP contribution in [0.4, 0.5) is 4.39 Å². The molecule has 0 spiro atoms. The number of nitrogens with zero attached hydrogens (tertiary/aromatic N) is 1. The van der Waals surface area contributed by atoms with E-state index in [2.05, 4.69) is 0 Å². The molecule has 0 bridgehead atoms. The summed E-state index contributed by atoms with van der Waals surface area (Å²) >= 11 is 6.12. The Balaban J connectivity index is 1.75. The lowest BCUT2D eigenvalue weighted by atomic mass is 10.1. The molecule has 0 heterocycles. The number of amides is 1. The predicted octanol–water partition coefficient (Wildman–Crippen LogP) is 4.75. The van der Waals surface area contributed by atoms with Crippen molar-refractivity contribution in [3.05, 3.63) is 64.4 Å². The molecule has 1 aliphatic carbocycles. The SMILES string of the molecule is Cc1cccc(OC(C)C(=O)N(Cc2c(F)cccc2Cl)C2CC2)c1. The topological polar surface area (TPSA) is 29.5 Å². The second-order valence-corrected chi connectivity index (χ2v) is 6.88. The maximum atomic E-state index is 14.1. The van der Waals surface area contributed by atoms with E-state index in [4.69, 9.17) is 16.3 Å². The molecule has 5 heteroatoms. The van der Waals surface area contributed by atoms with Crippen LogP contribution >= 0.6 is 11.6 Å². The van der Waals surface area contributed by atoms with Gasteiger partial charge in [0.1, 0.15) is 11.6 Å². The van der Waals surface area contributed by atoms with E-state index in [0.717, 1.165) is 18.4 Å². The van der Waals surface area contributed by atoms with Crippen LogP contribution in [0.15, 0.2) is 42.5 Å². The van der Waals surface area contributed by atoms with E-state index in [0.29, 0.717) is 16.3 Å². The minimum atomic E-state index is -0.645. The summed E-state index contributed by atoms with van der Waals surface area (Å²) < 4.78 is 19.9. The Morgan fingerprint density at radius 3 is 2.68 bits per heavy atom. The van der Waals surface area contributed by atoms with Crippen molar-refractivity contribution in [1.82, 2.24) is 4.90 Å². The van der Waals surface area contributed by atoms with Gasteiger partial charge in [-0.1, -0.05) is 29.8 Å². The summed E-state index contributed by atoms with van der Waals surface area (Å²) in [6.07, 6.45) is 1.21. The third-order valence-electron chi connectivity index (χ3n) is 4.31. The molecule has 2 aromatic carbocycles. The van der Waals surface area contributed by atoms with Gasteiger partial charge in [-0.2, -0.15) is 0 Å². The molecule has 25 heavy (non-hydrogen) atoms. The molecule has 1 unspecified atom stereocenters. The zero-order valence-corrected chi connectivity index (χ0v) is 15.1. The number of carbonyl (C=O) groups is 1.